The molecular formula is C18H14BrNO2. The Hall–Kier alpha value is -2.33. The third kappa shape index (κ3) is 2.57. The van der Waals surface area contributed by atoms with Crippen LogP contribution in [-0.4, -0.2) is 11.0 Å². The molecule has 0 heterocycles. The van der Waals surface area contributed by atoms with Gasteiger partial charge in [0.05, 0.1) is 5.56 Å². The molecule has 0 aliphatic carbocycles. The summed E-state index contributed by atoms with van der Waals surface area (Å²) >= 11 is 3.46. The SMILES string of the molecule is Cc1ccccc1NC(=O)c1cc(Br)c2ccccc2c1O. The molecule has 0 atom stereocenters. The van der Waals surface area contributed by atoms with Gasteiger partial charge in [-0.1, -0.05) is 58.4 Å². The van der Waals surface area contributed by atoms with Crippen molar-refractivity contribution in [3.8, 4) is 5.75 Å². The largest absolute Gasteiger partial charge is 0.506 e. The second kappa shape index (κ2) is 5.81. The highest BCUT2D eigenvalue weighted by molar-refractivity contribution is 9.10. The molecule has 22 heavy (non-hydrogen) atoms. The minimum atomic E-state index is -0.335. The van der Waals surface area contributed by atoms with Crippen molar-refractivity contribution < 1.29 is 9.90 Å². The van der Waals surface area contributed by atoms with Crippen LogP contribution in [0.25, 0.3) is 10.8 Å². The molecule has 1 amide bonds. The summed E-state index contributed by atoms with van der Waals surface area (Å²) in [5.74, 6) is -0.344. The molecule has 0 spiro atoms. The summed E-state index contributed by atoms with van der Waals surface area (Å²) in [5.41, 5.74) is 1.94. The van der Waals surface area contributed by atoms with Crippen LogP contribution in [0.2, 0.25) is 0 Å². The van der Waals surface area contributed by atoms with E-state index in [1.54, 1.807) is 12.1 Å². The minimum absolute atomic E-state index is 0.00937. The van der Waals surface area contributed by atoms with E-state index in [0.717, 1.165) is 21.1 Å². The number of aryl methyl sites for hydroxylation is 1. The summed E-state index contributed by atoms with van der Waals surface area (Å²) in [6, 6.07) is 16.6. The van der Waals surface area contributed by atoms with Crippen molar-refractivity contribution in [1.29, 1.82) is 0 Å². The van der Waals surface area contributed by atoms with Crippen molar-refractivity contribution in [1.82, 2.24) is 0 Å². The number of hydrogen-bond acceptors (Lipinski definition) is 2. The topological polar surface area (TPSA) is 49.3 Å². The molecule has 110 valence electrons. The minimum Gasteiger partial charge on any atom is -0.506 e. The van der Waals surface area contributed by atoms with Gasteiger partial charge in [-0.15, -0.1) is 0 Å². The van der Waals surface area contributed by atoms with Gasteiger partial charge >= 0.3 is 0 Å². The Morgan fingerprint density at radius 3 is 2.41 bits per heavy atom. The van der Waals surface area contributed by atoms with E-state index in [2.05, 4.69) is 21.2 Å². The van der Waals surface area contributed by atoms with Gasteiger partial charge in [0.15, 0.2) is 0 Å². The average Bonchev–Trinajstić information content (AvgIpc) is 2.53. The Morgan fingerprint density at radius 1 is 1.05 bits per heavy atom. The molecule has 0 aromatic heterocycles. The van der Waals surface area contributed by atoms with E-state index in [1.807, 2.05) is 49.4 Å². The highest BCUT2D eigenvalue weighted by atomic mass is 79.9. The number of rotatable bonds is 2. The van der Waals surface area contributed by atoms with Crippen LogP contribution in [0.4, 0.5) is 5.69 Å². The molecular weight excluding hydrogens is 342 g/mol. The molecule has 0 bridgehead atoms. The molecule has 0 aliphatic rings. The molecule has 0 aliphatic heterocycles. The molecule has 3 rings (SSSR count). The van der Waals surface area contributed by atoms with Crippen molar-refractivity contribution in [3.63, 3.8) is 0 Å². The maximum atomic E-state index is 12.5. The summed E-state index contributed by atoms with van der Waals surface area (Å²) in [5, 5.41) is 14.8. The summed E-state index contributed by atoms with van der Waals surface area (Å²) in [6.07, 6.45) is 0. The normalized spacial score (nSPS) is 10.6. The van der Waals surface area contributed by atoms with Crippen LogP contribution in [0, 0.1) is 6.92 Å². The first-order valence-electron chi connectivity index (χ1n) is 6.85. The third-order valence-electron chi connectivity index (χ3n) is 3.60. The molecule has 0 saturated carbocycles. The van der Waals surface area contributed by atoms with Gasteiger partial charge in [0.25, 0.3) is 5.91 Å². The van der Waals surface area contributed by atoms with E-state index >= 15 is 0 Å². The Kier molecular flexibility index (Phi) is 3.86. The molecule has 0 saturated heterocycles. The van der Waals surface area contributed by atoms with Gasteiger partial charge in [-0.05, 0) is 30.0 Å². The number of aromatic hydroxyl groups is 1. The number of hydrogen-bond donors (Lipinski definition) is 2. The first-order valence-corrected chi connectivity index (χ1v) is 7.64. The molecule has 3 aromatic carbocycles. The van der Waals surface area contributed by atoms with E-state index < -0.39 is 0 Å². The first-order chi connectivity index (χ1) is 10.6. The number of phenolic OH excluding ortho intramolecular Hbond substituents is 1. The van der Waals surface area contributed by atoms with Crippen LogP contribution in [0.15, 0.2) is 59.1 Å². The van der Waals surface area contributed by atoms with Crippen LogP contribution < -0.4 is 5.32 Å². The van der Waals surface area contributed by atoms with Crippen LogP contribution in [0.3, 0.4) is 0 Å². The zero-order valence-corrected chi connectivity index (χ0v) is 13.5. The number of carbonyl (C=O) groups excluding carboxylic acids is 1. The van der Waals surface area contributed by atoms with Crippen LogP contribution in [0.1, 0.15) is 15.9 Å². The van der Waals surface area contributed by atoms with Gasteiger partial charge in [-0.3, -0.25) is 4.79 Å². The van der Waals surface area contributed by atoms with Gasteiger partial charge in [0.2, 0.25) is 0 Å². The summed E-state index contributed by atoms with van der Waals surface area (Å²) in [4.78, 5) is 12.5. The zero-order chi connectivity index (χ0) is 15.7. The van der Waals surface area contributed by atoms with Gasteiger partial charge in [0, 0.05) is 15.5 Å². The van der Waals surface area contributed by atoms with E-state index in [1.165, 1.54) is 0 Å². The number of benzene rings is 3. The second-order valence-electron chi connectivity index (χ2n) is 5.07. The number of para-hydroxylation sites is 1. The lowest BCUT2D eigenvalue weighted by atomic mass is 10.0. The molecule has 2 N–H and O–H groups in total. The van der Waals surface area contributed by atoms with Crippen LogP contribution in [0.5, 0.6) is 5.75 Å². The standard InChI is InChI=1S/C18H14BrNO2/c1-11-6-2-5-9-16(11)20-18(22)14-10-15(19)12-7-3-4-8-13(12)17(14)21/h2-10,21H,1H3,(H,20,22). The molecule has 0 radical (unpaired) electrons. The lowest BCUT2D eigenvalue weighted by molar-refractivity contribution is 0.102. The molecule has 4 heteroatoms. The second-order valence-corrected chi connectivity index (χ2v) is 5.92. The summed E-state index contributed by atoms with van der Waals surface area (Å²) < 4.78 is 0.774. The van der Waals surface area contributed by atoms with E-state index in [0.29, 0.717) is 5.39 Å². The van der Waals surface area contributed by atoms with Crippen molar-refractivity contribution in [2.75, 3.05) is 5.32 Å². The quantitative estimate of drug-likeness (QED) is 0.688. The van der Waals surface area contributed by atoms with Crippen molar-refractivity contribution in [2.45, 2.75) is 6.92 Å². The van der Waals surface area contributed by atoms with Crippen LogP contribution >= 0.6 is 15.9 Å². The summed E-state index contributed by atoms with van der Waals surface area (Å²) in [6.45, 7) is 1.92. The van der Waals surface area contributed by atoms with Gasteiger partial charge < -0.3 is 10.4 Å². The fraction of sp³-hybridized carbons (Fsp3) is 0.0556. The average molecular weight is 356 g/mol. The third-order valence-corrected chi connectivity index (χ3v) is 4.26. The lowest BCUT2D eigenvalue weighted by Gasteiger charge is -2.12. The van der Waals surface area contributed by atoms with Crippen molar-refractivity contribution >= 4 is 38.3 Å². The number of fused-ring (bicyclic) bond motifs is 1. The number of halogens is 1. The number of amides is 1. The number of nitrogens with one attached hydrogen (secondary N) is 1. The number of phenols is 1. The Labute approximate surface area is 136 Å². The van der Waals surface area contributed by atoms with Gasteiger partial charge in [-0.2, -0.15) is 0 Å². The fourth-order valence-electron chi connectivity index (χ4n) is 2.39. The molecule has 0 fully saturated rings. The van der Waals surface area contributed by atoms with Gasteiger partial charge in [0.1, 0.15) is 5.75 Å². The maximum absolute atomic E-state index is 12.5. The lowest BCUT2D eigenvalue weighted by Crippen LogP contribution is -2.13. The highest BCUT2D eigenvalue weighted by Gasteiger charge is 2.16. The Balaban J connectivity index is 2.05. The highest BCUT2D eigenvalue weighted by Crippen LogP contribution is 2.34. The molecule has 3 nitrogen and oxygen atoms in total. The monoisotopic (exact) mass is 355 g/mol. The smallest absolute Gasteiger partial charge is 0.259 e. The maximum Gasteiger partial charge on any atom is 0.259 e. The van der Waals surface area contributed by atoms with Crippen LogP contribution in [-0.2, 0) is 0 Å². The molecule has 0 unspecified atom stereocenters. The fourth-order valence-corrected chi connectivity index (χ4v) is 2.97. The zero-order valence-electron chi connectivity index (χ0n) is 11.9. The van der Waals surface area contributed by atoms with Crippen molar-refractivity contribution in [3.05, 3.63) is 70.2 Å². The predicted molar refractivity (Wildman–Crippen MR) is 92.4 cm³/mol. The number of anilines is 1. The van der Waals surface area contributed by atoms with E-state index in [9.17, 15) is 9.90 Å². The number of carbonyl (C=O) groups is 1. The Bertz CT molecular complexity index is 874. The van der Waals surface area contributed by atoms with Gasteiger partial charge in [-0.25, -0.2) is 0 Å². The van der Waals surface area contributed by atoms with E-state index in [4.69, 9.17) is 0 Å². The summed E-state index contributed by atoms with van der Waals surface area (Å²) in [7, 11) is 0. The molecule has 3 aromatic rings. The Morgan fingerprint density at radius 2 is 1.68 bits per heavy atom. The van der Waals surface area contributed by atoms with E-state index in [-0.39, 0.29) is 17.2 Å². The van der Waals surface area contributed by atoms with Crippen molar-refractivity contribution in [2.24, 2.45) is 0 Å². The first kappa shape index (κ1) is 14.6. The predicted octanol–water partition coefficient (Wildman–Crippen LogP) is 4.87.